The molecule has 0 radical (unpaired) electrons. The molecule has 14 heavy (non-hydrogen) atoms. The fourth-order valence-corrected chi connectivity index (χ4v) is 1.32. The van der Waals surface area contributed by atoms with E-state index in [9.17, 15) is 0 Å². The van der Waals surface area contributed by atoms with E-state index >= 15 is 0 Å². The van der Waals surface area contributed by atoms with Crippen LogP contribution in [0.15, 0.2) is 49.1 Å². The predicted octanol–water partition coefficient (Wildman–Crippen LogP) is 1.66. The lowest BCUT2D eigenvalue weighted by Gasteiger charge is -2.17. The first kappa shape index (κ1) is 8.69. The number of hydrogen-bond donors (Lipinski definition) is 0. The minimum absolute atomic E-state index is 1.13. The van der Waals surface area contributed by atoms with Crippen molar-refractivity contribution in [1.29, 1.82) is 0 Å². The number of nitrogens with zero attached hydrogens (tertiary/aromatic N) is 2. The van der Waals surface area contributed by atoms with Gasteiger partial charge in [0.25, 0.3) is 0 Å². The van der Waals surface area contributed by atoms with Crippen LogP contribution < -0.4 is 9.88 Å². The Hall–Kier alpha value is -1.90. The molecule has 0 aliphatic rings. The van der Waals surface area contributed by atoms with Gasteiger partial charge in [-0.25, -0.2) is 4.98 Å². The summed E-state index contributed by atoms with van der Waals surface area (Å²) < 4.78 is 0. The first-order valence-corrected chi connectivity index (χ1v) is 4.48. The van der Waals surface area contributed by atoms with Gasteiger partial charge in [-0.1, -0.05) is 0 Å². The van der Waals surface area contributed by atoms with Crippen LogP contribution in [0.3, 0.4) is 0 Å². The lowest BCUT2D eigenvalue weighted by Crippen LogP contribution is -2.10. The molecule has 2 aromatic heterocycles. The van der Waals surface area contributed by atoms with Crippen molar-refractivity contribution in [2.45, 2.75) is 0 Å². The maximum atomic E-state index is 3.99. The van der Waals surface area contributed by atoms with Crippen LogP contribution in [0.4, 0.5) is 11.4 Å². The maximum absolute atomic E-state index is 3.99. The Kier molecular flexibility index (Phi) is 2.40. The zero-order chi connectivity index (χ0) is 9.80. The van der Waals surface area contributed by atoms with Crippen LogP contribution in [0, 0.1) is 0 Å². The van der Waals surface area contributed by atoms with Crippen molar-refractivity contribution in [3.8, 4) is 0 Å². The summed E-state index contributed by atoms with van der Waals surface area (Å²) in [5.41, 5.74) is 2.28. The third-order valence-corrected chi connectivity index (χ3v) is 2.14. The Morgan fingerprint density at radius 1 is 1.00 bits per heavy atom. The summed E-state index contributed by atoms with van der Waals surface area (Å²) in [7, 11) is 2.03. The minimum atomic E-state index is 1.13. The van der Waals surface area contributed by atoms with Crippen LogP contribution >= 0.6 is 0 Å². The van der Waals surface area contributed by atoms with Gasteiger partial charge in [0.2, 0.25) is 0 Å². The number of anilines is 2. The number of hydrogen-bond acceptors (Lipinski definition) is 2. The monoisotopic (exact) mass is 186 g/mol. The number of aromatic nitrogens is 2. The normalized spacial score (nSPS) is 9.79. The SMILES string of the molecule is CN(c1ccncc1)c1cc[nH+]cc1. The van der Waals surface area contributed by atoms with Crippen molar-refractivity contribution in [3.05, 3.63) is 49.1 Å². The Balaban J connectivity index is 2.30. The molecule has 0 atom stereocenters. The molecule has 0 saturated heterocycles. The first-order chi connectivity index (χ1) is 6.88. The van der Waals surface area contributed by atoms with Gasteiger partial charge in [0.1, 0.15) is 0 Å². The second-order valence-corrected chi connectivity index (χ2v) is 3.02. The molecule has 1 N–H and O–H groups in total. The largest absolute Gasteiger partial charge is 0.344 e. The van der Waals surface area contributed by atoms with Crippen molar-refractivity contribution < 1.29 is 4.98 Å². The second kappa shape index (κ2) is 3.87. The zero-order valence-corrected chi connectivity index (χ0v) is 8.01. The summed E-state index contributed by atoms with van der Waals surface area (Å²) in [4.78, 5) is 9.10. The van der Waals surface area contributed by atoms with E-state index in [0.717, 1.165) is 11.4 Å². The number of nitrogens with one attached hydrogen (secondary N) is 1. The molecule has 0 saturated carbocycles. The third-order valence-electron chi connectivity index (χ3n) is 2.14. The first-order valence-electron chi connectivity index (χ1n) is 4.48. The van der Waals surface area contributed by atoms with E-state index in [1.165, 1.54) is 0 Å². The molecule has 0 aromatic carbocycles. The molecular weight excluding hydrogens is 174 g/mol. The smallest absolute Gasteiger partial charge is 0.169 e. The lowest BCUT2D eigenvalue weighted by atomic mass is 10.3. The van der Waals surface area contributed by atoms with E-state index in [0.29, 0.717) is 0 Å². The molecule has 0 amide bonds. The van der Waals surface area contributed by atoms with Gasteiger partial charge >= 0.3 is 0 Å². The summed E-state index contributed by atoms with van der Waals surface area (Å²) in [5.74, 6) is 0. The number of aromatic amines is 1. The highest BCUT2D eigenvalue weighted by atomic mass is 15.1. The summed E-state index contributed by atoms with van der Waals surface area (Å²) in [6.07, 6.45) is 7.40. The number of pyridine rings is 2. The standard InChI is InChI=1S/C11H11N3/c1-14(10-2-6-12-7-3-10)11-4-8-13-9-5-11/h2-9H,1H3/p+1. The molecule has 70 valence electrons. The van der Waals surface area contributed by atoms with Crippen LogP contribution in [-0.4, -0.2) is 12.0 Å². The maximum Gasteiger partial charge on any atom is 0.169 e. The van der Waals surface area contributed by atoms with E-state index in [1.54, 1.807) is 12.4 Å². The van der Waals surface area contributed by atoms with Gasteiger partial charge in [-0.2, -0.15) is 0 Å². The van der Waals surface area contributed by atoms with Crippen molar-refractivity contribution in [2.24, 2.45) is 0 Å². The fraction of sp³-hybridized carbons (Fsp3) is 0.0909. The molecule has 2 rings (SSSR count). The average molecular weight is 186 g/mol. The third kappa shape index (κ3) is 1.71. The lowest BCUT2D eigenvalue weighted by molar-refractivity contribution is -0.377. The molecule has 3 heteroatoms. The van der Waals surface area contributed by atoms with E-state index in [1.807, 2.05) is 43.7 Å². The van der Waals surface area contributed by atoms with Gasteiger partial charge in [0.15, 0.2) is 12.4 Å². The van der Waals surface area contributed by atoms with E-state index in [-0.39, 0.29) is 0 Å². The fourth-order valence-electron chi connectivity index (χ4n) is 1.32. The van der Waals surface area contributed by atoms with Gasteiger partial charge in [-0.3, -0.25) is 4.98 Å². The van der Waals surface area contributed by atoms with Gasteiger partial charge < -0.3 is 4.90 Å². The van der Waals surface area contributed by atoms with Crippen LogP contribution in [0.5, 0.6) is 0 Å². The van der Waals surface area contributed by atoms with Crippen LogP contribution in [0.1, 0.15) is 0 Å². The number of H-pyrrole nitrogens is 1. The van der Waals surface area contributed by atoms with Crippen LogP contribution in [-0.2, 0) is 0 Å². The topological polar surface area (TPSA) is 30.3 Å². The molecule has 2 heterocycles. The van der Waals surface area contributed by atoms with Crippen LogP contribution in [0.25, 0.3) is 0 Å². The molecule has 0 spiro atoms. The molecule has 0 aliphatic heterocycles. The summed E-state index contributed by atoms with van der Waals surface area (Å²) in [6, 6.07) is 8.02. The minimum Gasteiger partial charge on any atom is -0.344 e. The predicted molar refractivity (Wildman–Crippen MR) is 55.3 cm³/mol. The zero-order valence-electron chi connectivity index (χ0n) is 8.01. The molecule has 2 aromatic rings. The van der Waals surface area contributed by atoms with Gasteiger partial charge in [-0.15, -0.1) is 0 Å². The highest BCUT2D eigenvalue weighted by Gasteiger charge is 2.02. The molecule has 0 aliphatic carbocycles. The second-order valence-electron chi connectivity index (χ2n) is 3.02. The molecule has 3 nitrogen and oxygen atoms in total. The highest BCUT2D eigenvalue weighted by molar-refractivity contribution is 5.60. The van der Waals surface area contributed by atoms with Gasteiger partial charge in [0, 0.05) is 37.3 Å². The summed E-state index contributed by atoms with van der Waals surface area (Å²) >= 11 is 0. The van der Waals surface area contributed by atoms with Gasteiger partial charge in [-0.05, 0) is 12.1 Å². The Morgan fingerprint density at radius 2 is 1.57 bits per heavy atom. The Bertz CT molecular complexity index is 346. The molecular formula is C11H12N3+. The average Bonchev–Trinajstić information content (AvgIpc) is 2.30. The van der Waals surface area contributed by atoms with Crippen molar-refractivity contribution in [1.82, 2.24) is 4.98 Å². The van der Waals surface area contributed by atoms with Crippen LogP contribution in [0.2, 0.25) is 0 Å². The quantitative estimate of drug-likeness (QED) is 0.714. The van der Waals surface area contributed by atoms with Crippen molar-refractivity contribution >= 4 is 11.4 Å². The highest BCUT2D eigenvalue weighted by Crippen LogP contribution is 2.20. The summed E-state index contributed by atoms with van der Waals surface area (Å²) in [6.45, 7) is 0. The Morgan fingerprint density at radius 3 is 2.21 bits per heavy atom. The van der Waals surface area contributed by atoms with E-state index < -0.39 is 0 Å². The van der Waals surface area contributed by atoms with Crippen molar-refractivity contribution in [2.75, 3.05) is 11.9 Å². The van der Waals surface area contributed by atoms with E-state index in [4.69, 9.17) is 0 Å². The Labute approximate surface area is 83.1 Å². The van der Waals surface area contributed by atoms with Crippen molar-refractivity contribution in [3.63, 3.8) is 0 Å². The number of rotatable bonds is 2. The molecule has 0 unspecified atom stereocenters. The molecule has 0 bridgehead atoms. The molecule has 0 fully saturated rings. The van der Waals surface area contributed by atoms with Gasteiger partial charge in [0.05, 0.1) is 5.69 Å². The summed E-state index contributed by atoms with van der Waals surface area (Å²) in [5, 5.41) is 0. The van der Waals surface area contributed by atoms with E-state index in [2.05, 4.69) is 14.9 Å².